The zero-order valence-corrected chi connectivity index (χ0v) is 16.5. The molecule has 7 nitrogen and oxygen atoms in total. The lowest BCUT2D eigenvalue weighted by molar-refractivity contribution is 0.0109. The Labute approximate surface area is 172 Å². The third-order valence-corrected chi connectivity index (χ3v) is 4.87. The molecule has 0 aromatic carbocycles. The SMILES string of the molecule is C.C=C(N)/C(C=N)=c1/c2c(c(/C(C=N)=C/N)n/c1=C/C)CC(OCCOC)CC2. The topological polar surface area (TPSA) is 131 Å². The molecule has 1 aliphatic rings. The largest absolute Gasteiger partial charge is 0.404 e. The fourth-order valence-corrected chi connectivity index (χ4v) is 3.53. The van der Waals surface area contributed by atoms with Crippen LogP contribution in [0.4, 0.5) is 0 Å². The number of hydrogen-bond donors (Lipinski definition) is 4. The van der Waals surface area contributed by atoms with Gasteiger partial charge in [-0.3, -0.25) is 0 Å². The number of pyridine rings is 1. The van der Waals surface area contributed by atoms with Gasteiger partial charge in [-0.15, -0.1) is 0 Å². The molecule has 1 aromatic heterocycles. The van der Waals surface area contributed by atoms with Crippen molar-refractivity contribution >= 4 is 29.7 Å². The number of ether oxygens (including phenoxy) is 2. The van der Waals surface area contributed by atoms with Crippen molar-refractivity contribution in [1.82, 2.24) is 4.98 Å². The smallest absolute Gasteiger partial charge is 0.0775 e. The number of methoxy groups -OCH3 is 1. The van der Waals surface area contributed by atoms with E-state index in [-0.39, 0.29) is 13.5 Å². The molecule has 7 heteroatoms. The molecule has 0 saturated heterocycles. The number of nitrogens with two attached hydrogens (primary N) is 2. The minimum atomic E-state index is 0. The number of nitrogens with zero attached hydrogens (tertiary/aromatic N) is 1. The zero-order chi connectivity index (χ0) is 20.7. The summed E-state index contributed by atoms with van der Waals surface area (Å²) in [6, 6.07) is 0. The van der Waals surface area contributed by atoms with Crippen LogP contribution in [-0.4, -0.2) is 43.8 Å². The lowest BCUT2D eigenvalue weighted by atomic mass is 9.84. The maximum absolute atomic E-state index is 7.83. The second kappa shape index (κ2) is 11.3. The van der Waals surface area contributed by atoms with Gasteiger partial charge in [-0.1, -0.05) is 20.1 Å². The summed E-state index contributed by atoms with van der Waals surface area (Å²) in [6.45, 7) is 6.77. The third-order valence-electron chi connectivity index (χ3n) is 4.87. The van der Waals surface area contributed by atoms with Gasteiger partial charge in [-0.25, -0.2) is 4.98 Å². The molecule has 1 aliphatic carbocycles. The van der Waals surface area contributed by atoms with E-state index in [9.17, 15) is 0 Å². The summed E-state index contributed by atoms with van der Waals surface area (Å²) in [5, 5.41) is 17.1. The van der Waals surface area contributed by atoms with E-state index in [1.807, 2.05) is 13.0 Å². The summed E-state index contributed by atoms with van der Waals surface area (Å²) < 4.78 is 11.0. The molecular weight excluding hydrogens is 366 g/mol. The molecular formula is C22H33N5O2. The predicted octanol–water partition coefficient (Wildman–Crippen LogP) is 1.26. The summed E-state index contributed by atoms with van der Waals surface area (Å²) in [6.07, 6.45) is 7.97. The first-order valence-corrected chi connectivity index (χ1v) is 9.23. The van der Waals surface area contributed by atoms with Crippen LogP contribution in [0.3, 0.4) is 0 Å². The van der Waals surface area contributed by atoms with Crippen LogP contribution in [0.25, 0.3) is 17.2 Å². The van der Waals surface area contributed by atoms with Crippen molar-refractivity contribution in [3.63, 3.8) is 0 Å². The van der Waals surface area contributed by atoms with Gasteiger partial charge < -0.3 is 31.8 Å². The molecule has 0 amide bonds. The van der Waals surface area contributed by atoms with Crippen LogP contribution < -0.4 is 22.0 Å². The fourth-order valence-electron chi connectivity index (χ4n) is 3.53. The van der Waals surface area contributed by atoms with Crippen LogP contribution in [0.1, 0.15) is 37.6 Å². The quantitative estimate of drug-likeness (QED) is 0.386. The Morgan fingerprint density at radius 1 is 1.28 bits per heavy atom. The van der Waals surface area contributed by atoms with Gasteiger partial charge >= 0.3 is 0 Å². The third kappa shape index (κ3) is 5.19. The van der Waals surface area contributed by atoms with Crippen LogP contribution in [0.5, 0.6) is 0 Å². The van der Waals surface area contributed by atoms with Gasteiger partial charge in [-0.05, 0) is 30.9 Å². The molecule has 2 rings (SSSR count). The van der Waals surface area contributed by atoms with Crippen molar-refractivity contribution in [1.29, 1.82) is 10.8 Å². The molecule has 1 heterocycles. The highest BCUT2D eigenvalue weighted by Gasteiger charge is 2.25. The lowest BCUT2D eigenvalue weighted by Crippen LogP contribution is -2.41. The van der Waals surface area contributed by atoms with Gasteiger partial charge in [0.25, 0.3) is 0 Å². The van der Waals surface area contributed by atoms with E-state index in [1.54, 1.807) is 7.11 Å². The van der Waals surface area contributed by atoms with Crippen molar-refractivity contribution in [3.05, 3.63) is 45.9 Å². The Kier molecular flexibility index (Phi) is 9.44. The minimum absolute atomic E-state index is 0. The predicted molar refractivity (Wildman–Crippen MR) is 120 cm³/mol. The van der Waals surface area contributed by atoms with Crippen molar-refractivity contribution < 1.29 is 9.47 Å². The summed E-state index contributed by atoms with van der Waals surface area (Å²) in [4.78, 5) is 4.77. The molecule has 1 aromatic rings. The molecule has 6 N–H and O–H groups in total. The van der Waals surface area contributed by atoms with Gasteiger partial charge in [0, 0.05) is 54.2 Å². The molecule has 158 valence electrons. The van der Waals surface area contributed by atoms with E-state index in [0.717, 1.165) is 29.2 Å². The van der Waals surface area contributed by atoms with Crippen LogP contribution >= 0.6 is 0 Å². The molecule has 1 unspecified atom stereocenters. The average molecular weight is 400 g/mol. The van der Waals surface area contributed by atoms with Crippen LogP contribution in [0.15, 0.2) is 18.5 Å². The Balaban J connectivity index is 0.00000420. The Hall–Kier alpha value is -2.77. The van der Waals surface area contributed by atoms with Gasteiger partial charge in [0.05, 0.1) is 30.4 Å². The molecule has 0 aliphatic heterocycles. The Bertz CT molecular complexity index is 918. The summed E-state index contributed by atoms with van der Waals surface area (Å²) >= 11 is 0. The highest BCUT2D eigenvalue weighted by atomic mass is 16.5. The van der Waals surface area contributed by atoms with Crippen molar-refractivity contribution in [2.45, 2.75) is 39.7 Å². The number of nitrogens with one attached hydrogen (secondary N) is 2. The molecule has 1 atom stereocenters. The van der Waals surface area contributed by atoms with E-state index in [1.165, 1.54) is 18.6 Å². The minimum Gasteiger partial charge on any atom is -0.404 e. The summed E-state index contributed by atoms with van der Waals surface area (Å²) in [5.74, 6) is 0. The van der Waals surface area contributed by atoms with Gasteiger partial charge in [0.2, 0.25) is 0 Å². The van der Waals surface area contributed by atoms with E-state index < -0.39 is 0 Å². The Morgan fingerprint density at radius 3 is 2.52 bits per heavy atom. The highest BCUT2D eigenvalue weighted by molar-refractivity contribution is 6.09. The first-order chi connectivity index (χ1) is 13.5. The van der Waals surface area contributed by atoms with E-state index >= 15 is 0 Å². The fraction of sp³-hybridized carbons (Fsp3) is 0.409. The second-order valence-corrected chi connectivity index (χ2v) is 6.54. The van der Waals surface area contributed by atoms with Crippen LogP contribution in [-0.2, 0) is 22.3 Å². The zero-order valence-electron chi connectivity index (χ0n) is 16.5. The first kappa shape index (κ1) is 24.3. The molecule has 0 bridgehead atoms. The van der Waals surface area contributed by atoms with Gasteiger partial charge in [0.1, 0.15) is 0 Å². The monoisotopic (exact) mass is 399 g/mol. The van der Waals surface area contributed by atoms with Crippen molar-refractivity contribution in [2.24, 2.45) is 11.5 Å². The number of allylic oxidation sites excluding steroid dienone is 2. The number of hydrogen-bond acceptors (Lipinski definition) is 7. The molecule has 0 spiro atoms. The van der Waals surface area contributed by atoms with E-state index in [2.05, 4.69) is 6.58 Å². The maximum Gasteiger partial charge on any atom is 0.0775 e. The van der Waals surface area contributed by atoms with Crippen molar-refractivity contribution in [3.8, 4) is 0 Å². The first-order valence-electron chi connectivity index (χ1n) is 9.23. The summed E-state index contributed by atoms with van der Waals surface area (Å²) in [5.41, 5.74) is 15.9. The number of rotatable bonds is 8. The van der Waals surface area contributed by atoms with E-state index in [0.29, 0.717) is 47.5 Å². The normalized spacial score (nSPS) is 17.8. The van der Waals surface area contributed by atoms with Crippen molar-refractivity contribution in [2.75, 3.05) is 20.3 Å². The molecule has 29 heavy (non-hydrogen) atoms. The maximum atomic E-state index is 7.83. The molecule has 0 fully saturated rings. The van der Waals surface area contributed by atoms with Gasteiger partial charge in [0.15, 0.2) is 0 Å². The number of aromatic nitrogens is 1. The van der Waals surface area contributed by atoms with E-state index in [4.69, 9.17) is 36.7 Å². The highest BCUT2D eigenvalue weighted by Crippen LogP contribution is 2.26. The Morgan fingerprint density at radius 2 is 2.00 bits per heavy atom. The molecule has 0 radical (unpaired) electrons. The lowest BCUT2D eigenvalue weighted by Gasteiger charge is -2.27. The number of fused-ring (bicyclic) bond motifs is 1. The van der Waals surface area contributed by atoms with Gasteiger partial charge in [-0.2, -0.15) is 0 Å². The van der Waals surface area contributed by atoms with Crippen LogP contribution in [0.2, 0.25) is 0 Å². The average Bonchev–Trinajstić information content (AvgIpc) is 2.70. The van der Waals surface area contributed by atoms with Crippen LogP contribution in [0, 0.1) is 10.8 Å². The standard InChI is InChI=1S/C21H29N5O2.CH4/c1-4-19-20(18(12-24)13(2)25)16-6-5-15(28-8-7-27-3)9-17(16)21(26-19)14(10-22)11-23;/h4,10-12,15,22,24H,2,5-9,23,25H2,1,3H3;1H4/b14-11+,19-4+,20-18-,22-10?,24-12?;. The second-order valence-electron chi connectivity index (χ2n) is 6.54. The molecule has 0 saturated carbocycles. The summed E-state index contributed by atoms with van der Waals surface area (Å²) in [7, 11) is 1.65.